The van der Waals surface area contributed by atoms with E-state index in [-0.39, 0.29) is 34.1 Å². The molecule has 0 aliphatic rings. The van der Waals surface area contributed by atoms with Crippen molar-refractivity contribution in [2.45, 2.75) is 0 Å². The van der Waals surface area contributed by atoms with E-state index in [9.17, 15) is 29.8 Å². The number of nitrogens with one attached hydrogen (secondary N) is 2. The van der Waals surface area contributed by atoms with Gasteiger partial charge in [-0.25, -0.2) is 9.97 Å². The highest BCUT2D eigenvalue weighted by molar-refractivity contribution is 6.06. The molecule has 2 aromatic heterocycles. The lowest BCUT2D eigenvalue weighted by Gasteiger charge is -2.06. The Kier molecular flexibility index (Phi) is 5.68. The van der Waals surface area contributed by atoms with Crippen molar-refractivity contribution in [2.24, 2.45) is 0 Å². The third kappa shape index (κ3) is 4.75. The number of amides is 2. The maximum atomic E-state index is 12.2. The Hall–Kier alpha value is -4.74. The van der Waals surface area contributed by atoms with Crippen molar-refractivity contribution in [3.05, 3.63) is 92.3 Å². The van der Waals surface area contributed by atoms with E-state index in [1.807, 2.05) is 0 Å². The van der Waals surface area contributed by atoms with Crippen molar-refractivity contribution in [3.8, 4) is 0 Å². The third-order valence-corrected chi connectivity index (χ3v) is 3.81. The summed E-state index contributed by atoms with van der Waals surface area (Å²) in [5, 5.41) is 26.2. The molecule has 12 heteroatoms. The topological polar surface area (TPSA) is 170 Å². The summed E-state index contributed by atoms with van der Waals surface area (Å²) in [7, 11) is 0. The highest BCUT2D eigenvalue weighted by Crippen LogP contribution is 2.15. The van der Waals surface area contributed by atoms with Gasteiger partial charge in [0, 0.05) is 23.3 Å². The van der Waals surface area contributed by atoms with E-state index in [1.54, 1.807) is 0 Å². The standard InChI is InChI=1S/C18H12N6O6/c25-17(21-15-7-5-13(9-19-15)23(27)28)11-1-2-12(4-3-11)18(26)22-16-8-6-14(10-20-16)24(29)30/h1-10H,(H,19,21,25)(H,20,22,26). The molecular weight excluding hydrogens is 396 g/mol. The summed E-state index contributed by atoms with van der Waals surface area (Å²) in [5.41, 5.74) is 0.0667. The van der Waals surface area contributed by atoms with Crippen LogP contribution in [0.25, 0.3) is 0 Å². The Labute approximate surface area is 167 Å². The average molecular weight is 408 g/mol. The van der Waals surface area contributed by atoms with Crippen molar-refractivity contribution in [1.29, 1.82) is 0 Å². The van der Waals surface area contributed by atoms with Gasteiger partial charge in [0.1, 0.15) is 24.0 Å². The zero-order valence-electron chi connectivity index (χ0n) is 15.0. The predicted octanol–water partition coefficient (Wildman–Crippen LogP) is 2.80. The van der Waals surface area contributed by atoms with Gasteiger partial charge in [-0.1, -0.05) is 0 Å². The Bertz CT molecular complexity index is 1020. The third-order valence-electron chi connectivity index (χ3n) is 3.81. The second-order valence-corrected chi connectivity index (χ2v) is 5.80. The lowest BCUT2D eigenvalue weighted by molar-refractivity contribution is -0.385. The first-order valence-corrected chi connectivity index (χ1v) is 8.27. The highest BCUT2D eigenvalue weighted by atomic mass is 16.6. The number of hydrogen-bond acceptors (Lipinski definition) is 8. The van der Waals surface area contributed by atoms with Gasteiger partial charge in [-0.2, -0.15) is 0 Å². The van der Waals surface area contributed by atoms with Gasteiger partial charge < -0.3 is 10.6 Å². The largest absolute Gasteiger partial charge is 0.307 e. The molecule has 150 valence electrons. The van der Waals surface area contributed by atoms with Gasteiger partial charge in [0.05, 0.1) is 9.85 Å². The molecule has 0 aliphatic carbocycles. The number of carbonyl (C=O) groups excluding carboxylic acids is 2. The molecule has 0 saturated carbocycles. The lowest BCUT2D eigenvalue weighted by Crippen LogP contribution is -2.15. The number of anilines is 2. The molecule has 1 aromatic carbocycles. The molecule has 2 heterocycles. The number of carbonyl (C=O) groups is 2. The van der Waals surface area contributed by atoms with Gasteiger partial charge in [-0.3, -0.25) is 29.8 Å². The van der Waals surface area contributed by atoms with Crippen LogP contribution in [0.15, 0.2) is 60.9 Å². The van der Waals surface area contributed by atoms with Crippen LogP contribution in [-0.4, -0.2) is 31.6 Å². The van der Waals surface area contributed by atoms with Crippen molar-refractivity contribution in [2.75, 3.05) is 10.6 Å². The fourth-order valence-electron chi connectivity index (χ4n) is 2.29. The minimum absolute atomic E-state index is 0.136. The van der Waals surface area contributed by atoms with Gasteiger partial charge in [-0.15, -0.1) is 0 Å². The zero-order valence-corrected chi connectivity index (χ0v) is 15.0. The van der Waals surface area contributed by atoms with Crippen LogP contribution < -0.4 is 10.6 Å². The maximum Gasteiger partial charge on any atom is 0.287 e. The smallest absolute Gasteiger partial charge is 0.287 e. The number of nitrogens with zero attached hydrogens (tertiary/aromatic N) is 4. The number of rotatable bonds is 6. The van der Waals surface area contributed by atoms with E-state index >= 15 is 0 Å². The second kappa shape index (κ2) is 8.52. The first-order valence-electron chi connectivity index (χ1n) is 8.27. The van der Waals surface area contributed by atoms with Crippen LogP contribution in [-0.2, 0) is 0 Å². The molecule has 0 fully saturated rings. The molecule has 30 heavy (non-hydrogen) atoms. The molecule has 2 N–H and O–H groups in total. The Morgan fingerprint density at radius 1 is 0.667 bits per heavy atom. The number of nitro groups is 2. The summed E-state index contributed by atoms with van der Waals surface area (Å²) < 4.78 is 0. The molecule has 0 aliphatic heterocycles. The number of aromatic nitrogens is 2. The summed E-state index contributed by atoms with van der Waals surface area (Å²) in [6.45, 7) is 0. The van der Waals surface area contributed by atoms with Crippen molar-refractivity contribution >= 4 is 34.8 Å². The fraction of sp³-hybridized carbons (Fsp3) is 0. The Balaban J connectivity index is 1.63. The van der Waals surface area contributed by atoms with Crippen LogP contribution in [0.5, 0.6) is 0 Å². The SMILES string of the molecule is O=C(Nc1ccc([N+](=O)[O-])cn1)c1ccc(C(=O)Nc2ccc([N+](=O)[O-])cn2)cc1. The summed E-state index contributed by atoms with van der Waals surface area (Å²) in [6, 6.07) is 10.7. The molecule has 12 nitrogen and oxygen atoms in total. The molecule has 0 radical (unpaired) electrons. The molecule has 0 bridgehead atoms. The summed E-state index contributed by atoms with van der Waals surface area (Å²) in [6.07, 6.45) is 2.05. The number of pyridine rings is 2. The van der Waals surface area contributed by atoms with E-state index in [4.69, 9.17) is 0 Å². The summed E-state index contributed by atoms with van der Waals surface area (Å²) in [4.78, 5) is 52.1. The van der Waals surface area contributed by atoms with Crippen LogP contribution in [0.3, 0.4) is 0 Å². The van der Waals surface area contributed by atoms with Gasteiger partial charge in [-0.05, 0) is 36.4 Å². The van der Waals surface area contributed by atoms with Crippen molar-refractivity contribution in [3.63, 3.8) is 0 Å². The van der Waals surface area contributed by atoms with Gasteiger partial charge in [0.2, 0.25) is 0 Å². The minimum Gasteiger partial charge on any atom is -0.307 e. The predicted molar refractivity (Wildman–Crippen MR) is 104 cm³/mol. The van der Waals surface area contributed by atoms with Crippen LogP contribution in [0.1, 0.15) is 20.7 Å². The molecule has 0 spiro atoms. The maximum absolute atomic E-state index is 12.2. The number of hydrogen-bond donors (Lipinski definition) is 2. The van der Waals surface area contributed by atoms with Crippen molar-refractivity contribution < 1.29 is 19.4 Å². The molecule has 2 amide bonds. The first kappa shape index (κ1) is 20.0. The van der Waals surface area contributed by atoms with Gasteiger partial charge >= 0.3 is 0 Å². The van der Waals surface area contributed by atoms with Crippen LogP contribution in [0.2, 0.25) is 0 Å². The van der Waals surface area contributed by atoms with Gasteiger partial charge in [0.15, 0.2) is 0 Å². The van der Waals surface area contributed by atoms with E-state index in [1.165, 1.54) is 48.5 Å². The second-order valence-electron chi connectivity index (χ2n) is 5.80. The summed E-state index contributed by atoms with van der Waals surface area (Å²) in [5.74, 6) is -0.756. The van der Waals surface area contributed by atoms with E-state index in [0.29, 0.717) is 0 Å². The fourth-order valence-corrected chi connectivity index (χ4v) is 2.29. The Morgan fingerprint density at radius 2 is 1.03 bits per heavy atom. The Morgan fingerprint density at radius 3 is 1.30 bits per heavy atom. The average Bonchev–Trinajstić information content (AvgIpc) is 2.74. The van der Waals surface area contributed by atoms with E-state index in [2.05, 4.69) is 20.6 Å². The number of benzene rings is 1. The molecule has 0 saturated heterocycles. The molecule has 3 rings (SSSR count). The zero-order chi connectivity index (χ0) is 21.7. The lowest BCUT2D eigenvalue weighted by atomic mass is 10.1. The molecule has 0 unspecified atom stereocenters. The highest BCUT2D eigenvalue weighted by Gasteiger charge is 2.12. The normalized spacial score (nSPS) is 10.1. The van der Waals surface area contributed by atoms with Gasteiger partial charge in [0.25, 0.3) is 23.2 Å². The summed E-state index contributed by atoms with van der Waals surface area (Å²) >= 11 is 0. The van der Waals surface area contributed by atoms with Crippen LogP contribution in [0.4, 0.5) is 23.0 Å². The monoisotopic (exact) mass is 408 g/mol. The molecule has 0 atom stereocenters. The van der Waals surface area contributed by atoms with Crippen LogP contribution in [0, 0.1) is 20.2 Å². The quantitative estimate of drug-likeness (QED) is 0.463. The van der Waals surface area contributed by atoms with E-state index < -0.39 is 21.7 Å². The molecule has 3 aromatic rings. The van der Waals surface area contributed by atoms with E-state index in [0.717, 1.165) is 12.4 Å². The minimum atomic E-state index is -0.603. The van der Waals surface area contributed by atoms with Crippen LogP contribution >= 0.6 is 0 Å². The first-order chi connectivity index (χ1) is 14.3. The van der Waals surface area contributed by atoms with Crippen molar-refractivity contribution in [1.82, 2.24) is 9.97 Å². The molecular formula is C18H12N6O6.